The molecule has 64 valence electrons. The maximum atomic E-state index is 5.77. The summed E-state index contributed by atoms with van der Waals surface area (Å²) in [7, 11) is 0. The minimum atomic E-state index is 1.58. The standard InChI is InChI=1S/4CHNS/c4*2-1-3/h4*2H. The fourth-order valence-corrected chi connectivity index (χ4v) is 0. The van der Waals surface area contributed by atoms with Crippen LogP contribution in [0.1, 0.15) is 0 Å². The normalized spacial score (nSPS) is 2.67. The van der Waals surface area contributed by atoms with Crippen molar-refractivity contribution in [1.29, 1.82) is 21.6 Å². The van der Waals surface area contributed by atoms with Gasteiger partial charge >= 0.3 is 0 Å². The molecule has 0 radical (unpaired) electrons. The van der Waals surface area contributed by atoms with Crippen LogP contribution in [-0.4, -0.2) is 20.6 Å². The Morgan fingerprint density at radius 2 is 0.500 bits per heavy atom. The lowest BCUT2D eigenvalue weighted by Crippen LogP contribution is -1.03. The summed E-state index contributed by atoms with van der Waals surface area (Å²) in [5.41, 5.74) is 0. The number of thiocarbonyl (C=S) groups is 4. The number of isothiocyanates is 4. The van der Waals surface area contributed by atoms with Gasteiger partial charge in [0.25, 0.3) is 0 Å². The molecule has 8 heteroatoms. The molecule has 4 N–H and O–H groups in total. The van der Waals surface area contributed by atoms with E-state index in [0.717, 1.165) is 0 Å². The van der Waals surface area contributed by atoms with E-state index in [0.29, 0.717) is 0 Å². The summed E-state index contributed by atoms with van der Waals surface area (Å²) in [6.45, 7) is 0. The van der Waals surface area contributed by atoms with E-state index < -0.39 is 0 Å². The molecule has 0 unspecified atom stereocenters. The van der Waals surface area contributed by atoms with Crippen molar-refractivity contribution in [1.82, 2.24) is 0 Å². The second-order valence-corrected chi connectivity index (χ2v) is 1.22. The Balaban J connectivity index is -0.0000000356. The third-order valence-corrected chi connectivity index (χ3v) is 0. The van der Waals surface area contributed by atoms with E-state index in [2.05, 4.69) is 48.9 Å². The number of hydrogen-bond acceptors (Lipinski definition) is 8. The molecule has 0 saturated carbocycles. The van der Waals surface area contributed by atoms with E-state index in [1.807, 2.05) is 0 Å². The average Bonchev–Trinajstić information content (AvgIpc) is 1.92. The summed E-state index contributed by atoms with van der Waals surface area (Å²) in [6, 6.07) is 0. The minimum Gasteiger partial charge on any atom is -0.248 e. The van der Waals surface area contributed by atoms with Gasteiger partial charge in [-0.1, -0.05) is 0 Å². The number of rotatable bonds is 0. The highest BCUT2D eigenvalue weighted by Gasteiger charge is 0.983. The van der Waals surface area contributed by atoms with Crippen LogP contribution in [0.5, 0.6) is 0 Å². The summed E-state index contributed by atoms with van der Waals surface area (Å²) >= 11 is 15.2. The van der Waals surface area contributed by atoms with Crippen molar-refractivity contribution in [2.45, 2.75) is 0 Å². The molecular weight excluding hydrogens is 232 g/mol. The molecule has 12 heavy (non-hydrogen) atoms. The molecule has 0 aromatic rings. The molecular formula is C4H4N4S4. The van der Waals surface area contributed by atoms with Gasteiger partial charge in [-0.2, -0.15) is 0 Å². The van der Waals surface area contributed by atoms with Gasteiger partial charge in [0.1, 0.15) is 0 Å². The van der Waals surface area contributed by atoms with Crippen molar-refractivity contribution in [3.8, 4) is 0 Å². The second-order valence-electron chi connectivity index (χ2n) is 0.408. The summed E-state index contributed by atoms with van der Waals surface area (Å²) in [4.78, 5) is 0. The van der Waals surface area contributed by atoms with Gasteiger partial charge in [0.15, 0.2) is 0 Å². The van der Waals surface area contributed by atoms with Gasteiger partial charge in [-0.25, -0.2) is 21.6 Å². The van der Waals surface area contributed by atoms with Crippen molar-refractivity contribution < 1.29 is 0 Å². The molecule has 0 fully saturated rings. The Morgan fingerprint density at radius 3 is 0.500 bits per heavy atom. The Labute approximate surface area is 91.0 Å². The van der Waals surface area contributed by atoms with E-state index in [-0.39, 0.29) is 0 Å². The van der Waals surface area contributed by atoms with Crippen LogP contribution in [0, 0.1) is 21.6 Å². The molecule has 0 saturated heterocycles. The van der Waals surface area contributed by atoms with Gasteiger partial charge in [0, 0.05) is 0 Å². The van der Waals surface area contributed by atoms with E-state index in [1.165, 1.54) is 0 Å². The van der Waals surface area contributed by atoms with Gasteiger partial charge in [0.05, 0.1) is 20.6 Å². The molecule has 0 aliphatic rings. The summed E-state index contributed by atoms with van der Waals surface area (Å²) in [6.07, 6.45) is 0. The Hall–Kier alpha value is -0.800. The highest BCUT2D eigenvalue weighted by molar-refractivity contribution is 7.78. The molecule has 0 amide bonds. The fraction of sp³-hybridized carbons (Fsp3) is 0. The first-order valence-electron chi connectivity index (χ1n) is 1.82. The Bertz CT molecular complexity index is 151. The summed E-state index contributed by atoms with van der Waals surface area (Å²) in [5, 5.41) is 29.4. The smallest absolute Gasteiger partial charge is 0.0554 e. The van der Waals surface area contributed by atoms with Crippen molar-refractivity contribution >= 4 is 69.5 Å². The van der Waals surface area contributed by atoms with Gasteiger partial charge in [-0.05, 0) is 48.9 Å². The quantitative estimate of drug-likeness (QED) is 0.384. The van der Waals surface area contributed by atoms with Gasteiger partial charge in [0.2, 0.25) is 0 Å². The number of nitrogens with one attached hydrogen (secondary N) is 4. The molecule has 0 aliphatic carbocycles. The van der Waals surface area contributed by atoms with E-state index >= 15 is 0 Å². The van der Waals surface area contributed by atoms with Crippen molar-refractivity contribution in [2.24, 2.45) is 0 Å². The van der Waals surface area contributed by atoms with E-state index in [4.69, 9.17) is 21.6 Å². The molecule has 0 bridgehead atoms. The largest absolute Gasteiger partial charge is 0.248 e. The zero-order chi connectivity index (χ0) is 10.8. The van der Waals surface area contributed by atoms with Crippen LogP contribution < -0.4 is 0 Å². The Morgan fingerprint density at radius 1 is 0.500 bits per heavy atom. The molecule has 0 rings (SSSR count). The SMILES string of the molecule is N=C=S.N=C=S.N=C=S.N=C=S. The van der Waals surface area contributed by atoms with Crippen molar-refractivity contribution in [3.63, 3.8) is 0 Å². The molecule has 0 atom stereocenters. The van der Waals surface area contributed by atoms with E-state index in [9.17, 15) is 0 Å². The topological polar surface area (TPSA) is 95.4 Å². The zero-order valence-electron chi connectivity index (χ0n) is 5.63. The molecule has 0 heterocycles. The molecule has 0 aromatic carbocycles. The third kappa shape index (κ3) is 967. The minimum absolute atomic E-state index is 1.58. The van der Waals surface area contributed by atoms with Crippen LogP contribution >= 0.6 is 48.9 Å². The van der Waals surface area contributed by atoms with Crippen LogP contribution in [0.15, 0.2) is 0 Å². The van der Waals surface area contributed by atoms with Crippen LogP contribution in [-0.2, 0) is 0 Å². The molecule has 0 aliphatic heterocycles. The monoisotopic (exact) mass is 236 g/mol. The van der Waals surface area contributed by atoms with Crippen LogP contribution in [0.25, 0.3) is 0 Å². The van der Waals surface area contributed by atoms with Gasteiger partial charge < -0.3 is 0 Å². The molecule has 0 spiro atoms. The predicted molar refractivity (Wildman–Crippen MR) is 61.3 cm³/mol. The first-order valence-corrected chi connectivity index (χ1v) is 3.45. The maximum Gasteiger partial charge on any atom is 0.0554 e. The Kier molecular flexibility index (Phi) is 158. The van der Waals surface area contributed by atoms with Crippen molar-refractivity contribution in [2.75, 3.05) is 0 Å². The molecule has 0 aromatic heterocycles. The average molecular weight is 236 g/mol. The highest BCUT2D eigenvalue weighted by atomic mass is 32.1. The highest BCUT2D eigenvalue weighted by Crippen LogP contribution is 1.17. The first-order chi connectivity index (χ1) is 5.66. The third-order valence-electron chi connectivity index (χ3n) is 0. The predicted octanol–water partition coefficient (Wildman–Crippen LogP) is 2.67. The lowest BCUT2D eigenvalue weighted by molar-refractivity contribution is 1.61. The fourth-order valence-electron chi connectivity index (χ4n) is 0. The maximum absolute atomic E-state index is 5.77. The first kappa shape index (κ1) is 22.5. The van der Waals surface area contributed by atoms with E-state index in [1.54, 1.807) is 20.6 Å². The van der Waals surface area contributed by atoms with Crippen LogP contribution in [0.3, 0.4) is 0 Å². The molecule has 4 nitrogen and oxygen atoms in total. The number of hydrogen-bond donors (Lipinski definition) is 4. The van der Waals surface area contributed by atoms with Gasteiger partial charge in [-0.3, -0.25) is 0 Å². The van der Waals surface area contributed by atoms with Crippen molar-refractivity contribution in [3.05, 3.63) is 0 Å². The lowest BCUT2D eigenvalue weighted by atomic mass is 11.8. The zero-order valence-corrected chi connectivity index (χ0v) is 8.90. The summed E-state index contributed by atoms with van der Waals surface area (Å²) in [5.74, 6) is 0. The summed E-state index contributed by atoms with van der Waals surface area (Å²) < 4.78 is 0. The van der Waals surface area contributed by atoms with Gasteiger partial charge in [-0.15, -0.1) is 0 Å². The van der Waals surface area contributed by atoms with Crippen LogP contribution in [0.4, 0.5) is 0 Å². The van der Waals surface area contributed by atoms with Crippen LogP contribution in [0.2, 0.25) is 0 Å². The lowest BCUT2D eigenvalue weighted by Gasteiger charge is -1.05. The second kappa shape index (κ2) is 84.3.